The van der Waals surface area contributed by atoms with Crippen molar-refractivity contribution in [2.75, 3.05) is 13.1 Å². The summed E-state index contributed by atoms with van der Waals surface area (Å²) in [6.07, 6.45) is 4.08. The van der Waals surface area contributed by atoms with Crippen LogP contribution in [0.15, 0.2) is 25.6 Å². The normalized spacial score (nSPS) is 30.4. The summed E-state index contributed by atoms with van der Waals surface area (Å²) in [6.45, 7) is 8.30. The molecule has 1 spiro atoms. The standard InChI is InChI=1S/C11H14N2O2/c1-3-12-6-5-11(10(12)15)7-9(14)13(4-2)8-11/h3-4H,1-2,5-8H2. The van der Waals surface area contributed by atoms with Gasteiger partial charge in [0.2, 0.25) is 11.8 Å². The van der Waals surface area contributed by atoms with Crippen LogP contribution in [-0.4, -0.2) is 34.7 Å². The van der Waals surface area contributed by atoms with E-state index in [-0.39, 0.29) is 11.8 Å². The van der Waals surface area contributed by atoms with Gasteiger partial charge < -0.3 is 9.80 Å². The van der Waals surface area contributed by atoms with Crippen LogP contribution in [0.25, 0.3) is 0 Å². The third-order valence-corrected chi connectivity index (χ3v) is 3.27. The van der Waals surface area contributed by atoms with E-state index in [9.17, 15) is 9.59 Å². The zero-order valence-corrected chi connectivity index (χ0v) is 8.61. The van der Waals surface area contributed by atoms with Crippen LogP contribution in [0, 0.1) is 5.41 Å². The van der Waals surface area contributed by atoms with Crippen molar-refractivity contribution in [1.29, 1.82) is 0 Å². The monoisotopic (exact) mass is 206 g/mol. The highest BCUT2D eigenvalue weighted by Gasteiger charge is 2.52. The third kappa shape index (κ3) is 1.28. The third-order valence-electron chi connectivity index (χ3n) is 3.27. The Kier molecular flexibility index (Phi) is 2.14. The Morgan fingerprint density at radius 2 is 1.87 bits per heavy atom. The summed E-state index contributed by atoms with van der Waals surface area (Å²) < 4.78 is 0. The summed E-state index contributed by atoms with van der Waals surface area (Å²) >= 11 is 0. The van der Waals surface area contributed by atoms with Gasteiger partial charge in [-0.2, -0.15) is 0 Å². The van der Waals surface area contributed by atoms with E-state index in [4.69, 9.17) is 0 Å². The minimum absolute atomic E-state index is 0.00994. The van der Waals surface area contributed by atoms with E-state index < -0.39 is 5.41 Å². The average molecular weight is 206 g/mol. The van der Waals surface area contributed by atoms with E-state index in [0.29, 0.717) is 19.5 Å². The van der Waals surface area contributed by atoms with Gasteiger partial charge >= 0.3 is 0 Å². The minimum atomic E-state index is -0.514. The molecule has 0 aromatic rings. The fourth-order valence-electron chi connectivity index (χ4n) is 2.36. The smallest absolute Gasteiger partial charge is 0.235 e. The fourth-order valence-corrected chi connectivity index (χ4v) is 2.36. The molecule has 2 fully saturated rings. The molecule has 2 amide bonds. The number of carbonyl (C=O) groups excluding carboxylic acids is 2. The van der Waals surface area contributed by atoms with Crippen molar-refractivity contribution in [3.05, 3.63) is 25.6 Å². The molecule has 1 unspecified atom stereocenters. The number of carbonyl (C=O) groups is 2. The van der Waals surface area contributed by atoms with Gasteiger partial charge in [0, 0.05) is 19.5 Å². The van der Waals surface area contributed by atoms with Crippen molar-refractivity contribution in [3.63, 3.8) is 0 Å². The van der Waals surface area contributed by atoms with Gasteiger partial charge in [0.15, 0.2) is 0 Å². The molecule has 2 rings (SSSR count). The predicted octanol–water partition coefficient (Wildman–Crippen LogP) is 0.724. The van der Waals surface area contributed by atoms with Crippen LogP contribution < -0.4 is 0 Å². The van der Waals surface area contributed by atoms with Gasteiger partial charge in [0.05, 0.1) is 5.41 Å². The van der Waals surface area contributed by atoms with E-state index in [1.807, 2.05) is 0 Å². The van der Waals surface area contributed by atoms with E-state index in [0.717, 1.165) is 6.42 Å². The molecule has 0 radical (unpaired) electrons. The average Bonchev–Trinajstić information content (AvgIpc) is 2.71. The van der Waals surface area contributed by atoms with Crippen molar-refractivity contribution in [3.8, 4) is 0 Å². The quantitative estimate of drug-likeness (QED) is 0.668. The molecule has 0 aromatic heterocycles. The Bertz CT molecular complexity index is 350. The number of rotatable bonds is 2. The summed E-state index contributed by atoms with van der Waals surface area (Å²) in [5.41, 5.74) is -0.514. The van der Waals surface area contributed by atoms with Crippen molar-refractivity contribution < 1.29 is 9.59 Å². The second-order valence-electron chi connectivity index (χ2n) is 4.09. The highest BCUT2D eigenvalue weighted by Crippen LogP contribution is 2.41. The van der Waals surface area contributed by atoms with Crippen LogP contribution in [0.5, 0.6) is 0 Å². The molecule has 2 aliphatic rings. The van der Waals surface area contributed by atoms with Crippen molar-refractivity contribution >= 4 is 11.8 Å². The van der Waals surface area contributed by atoms with Crippen LogP contribution in [0.4, 0.5) is 0 Å². The zero-order chi connectivity index (χ0) is 11.1. The highest BCUT2D eigenvalue weighted by molar-refractivity contribution is 5.94. The van der Waals surface area contributed by atoms with Gasteiger partial charge in [-0.25, -0.2) is 0 Å². The fraction of sp³-hybridized carbons (Fsp3) is 0.455. The Morgan fingerprint density at radius 1 is 1.20 bits per heavy atom. The number of hydrogen-bond donors (Lipinski definition) is 0. The second-order valence-corrected chi connectivity index (χ2v) is 4.09. The Morgan fingerprint density at radius 3 is 2.33 bits per heavy atom. The van der Waals surface area contributed by atoms with Gasteiger partial charge in [0.1, 0.15) is 0 Å². The molecular formula is C11H14N2O2. The largest absolute Gasteiger partial charge is 0.319 e. The van der Waals surface area contributed by atoms with Gasteiger partial charge in [0.25, 0.3) is 0 Å². The number of hydrogen-bond acceptors (Lipinski definition) is 2. The van der Waals surface area contributed by atoms with E-state index >= 15 is 0 Å². The second kappa shape index (κ2) is 3.22. The Hall–Kier alpha value is -1.58. The molecule has 0 saturated carbocycles. The lowest BCUT2D eigenvalue weighted by Crippen LogP contribution is -2.33. The maximum atomic E-state index is 12.0. The lowest BCUT2D eigenvalue weighted by molar-refractivity contribution is -0.134. The molecule has 0 aromatic carbocycles. The molecule has 2 saturated heterocycles. The molecule has 0 aliphatic carbocycles. The minimum Gasteiger partial charge on any atom is -0.319 e. The topological polar surface area (TPSA) is 40.6 Å². The number of amides is 2. The molecule has 4 heteroatoms. The molecule has 2 aliphatic heterocycles. The molecule has 0 bridgehead atoms. The van der Waals surface area contributed by atoms with Crippen molar-refractivity contribution in [2.45, 2.75) is 12.8 Å². The van der Waals surface area contributed by atoms with Gasteiger partial charge in [-0.1, -0.05) is 13.2 Å². The molecule has 80 valence electrons. The first kappa shape index (κ1) is 9.96. The molecule has 1 atom stereocenters. The van der Waals surface area contributed by atoms with E-state index in [1.54, 1.807) is 4.90 Å². The number of nitrogens with zero attached hydrogens (tertiary/aromatic N) is 2. The summed E-state index contributed by atoms with van der Waals surface area (Å²) in [5, 5.41) is 0. The number of likely N-dealkylation sites (tertiary alicyclic amines) is 2. The van der Waals surface area contributed by atoms with Crippen LogP contribution in [0.3, 0.4) is 0 Å². The zero-order valence-electron chi connectivity index (χ0n) is 8.61. The first-order chi connectivity index (χ1) is 7.13. The summed E-state index contributed by atoms with van der Waals surface area (Å²) in [6, 6.07) is 0. The predicted molar refractivity (Wildman–Crippen MR) is 55.5 cm³/mol. The first-order valence-electron chi connectivity index (χ1n) is 4.99. The lowest BCUT2D eigenvalue weighted by Gasteiger charge is -2.19. The Balaban J connectivity index is 2.24. The Labute approximate surface area is 88.8 Å². The molecule has 4 nitrogen and oxygen atoms in total. The molecule has 15 heavy (non-hydrogen) atoms. The van der Waals surface area contributed by atoms with E-state index in [2.05, 4.69) is 13.2 Å². The van der Waals surface area contributed by atoms with Crippen LogP contribution in [-0.2, 0) is 9.59 Å². The molecule has 2 heterocycles. The maximum absolute atomic E-state index is 12.0. The summed E-state index contributed by atoms with van der Waals surface area (Å²) in [7, 11) is 0. The SMILES string of the molecule is C=CN1CC2(CCN(C=C)C2=O)CC1=O. The van der Waals surface area contributed by atoms with Gasteiger partial charge in [-0.15, -0.1) is 0 Å². The first-order valence-corrected chi connectivity index (χ1v) is 4.99. The van der Waals surface area contributed by atoms with Gasteiger partial charge in [-0.3, -0.25) is 9.59 Å². The van der Waals surface area contributed by atoms with Crippen molar-refractivity contribution in [1.82, 2.24) is 9.80 Å². The maximum Gasteiger partial charge on any atom is 0.235 e. The summed E-state index contributed by atoms with van der Waals surface area (Å²) in [5.74, 6) is 0.0134. The van der Waals surface area contributed by atoms with Crippen LogP contribution >= 0.6 is 0 Å². The van der Waals surface area contributed by atoms with Crippen LogP contribution in [0.2, 0.25) is 0 Å². The lowest BCUT2D eigenvalue weighted by atomic mass is 9.85. The highest BCUT2D eigenvalue weighted by atomic mass is 16.2. The summed E-state index contributed by atoms with van der Waals surface area (Å²) in [4.78, 5) is 26.7. The van der Waals surface area contributed by atoms with Gasteiger partial charge in [-0.05, 0) is 18.8 Å². The molecule has 0 N–H and O–H groups in total. The van der Waals surface area contributed by atoms with E-state index in [1.165, 1.54) is 17.3 Å². The van der Waals surface area contributed by atoms with Crippen molar-refractivity contribution in [2.24, 2.45) is 5.41 Å². The molecular weight excluding hydrogens is 192 g/mol. The van der Waals surface area contributed by atoms with Crippen LogP contribution in [0.1, 0.15) is 12.8 Å².